The second-order valence-corrected chi connectivity index (χ2v) is 7.10. The Morgan fingerprint density at radius 2 is 1.50 bits per heavy atom. The molecule has 1 aromatic carbocycles. The van der Waals surface area contributed by atoms with Crippen molar-refractivity contribution in [2.24, 2.45) is 0 Å². The topological polar surface area (TPSA) is 37.3 Å². The number of carbonyl (C=O) groups excluding carboxylic acids is 1. The molecule has 0 aromatic heterocycles. The van der Waals surface area contributed by atoms with Crippen LogP contribution in [0.2, 0.25) is 0 Å². The average molecular weight is 274 g/mol. The molecule has 0 saturated heterocycles. The van der Waals surface area contributed by atoms with Crippen LogP contribution in [-0.4, -0.2) is 16.5 Å². The molecule has 2 rings (SSSR count). The molecule has 0 unspecified atom stereocenters. The van der Waals surface area contributed by atoms with E-state index in [-0.39, 0.29) is 11.2 Å². The fourth-order valence-corrected chi connectivity index (χ4v) is 2.93. The molecule has 0 heterocycles. The molecule has 0 amide bonds. The molecule has 20 heavy (non-hydrogen) atoms. The molecule has 1 fully saturated rings. The quantitative estimate of drug-likeness (QED) is 0.646. The number of aliphatic hydroxyl groups is 1. The third-order valence-corrected chi connectivity index (χ3v) is 4.37. The van der Waals surface area contributed by atoms with Gasteiger partial charge in [-0.05, 0) is 23.8 Å². The summed E-state index contributed by atoms with van der Waals surface area (Å²) < 4.78 is 0. The van der Waals surface area contributed by atoms with Gasteiger partial charge in [0.05, 0.1) is 0 Å². The highest BCUT2D eigenvalue weighted by molar-refractivity contribution is 6.02. The Kier molecular flexibility index (Phi) is 4.33. The molecule has 0 radical (unpaired) electrons. The van der Waals surface area contributed by atoms with E-state index in [0.717, 1.165) is 25.7 Å². The van der Waals surface area contributed by atoms with Crippen LogP contribution in [0.5, 0.6) is 0 Å². The SMILES string of the molecule is CC(C)(C)c1ccc(C(=O)C2(O)CCCCCC2)cc1. The molecule has 110 valence electrons. The molecule has 1 saturated carbocycles. The largest absolute Gasteiger partial charge is 0.382 e. The number of hydrogen-bond donors (Lipinski definition) is 1. The summed E-state index contributed by atoms with van der Waals surface area (Å²) in [6.07, 6.45) is 5.35. The van der Waals surface area contributed by atoms with Gasteiger partial charge in [0.2, 0.25) is 0 Å². The molecule has 0 bridgehead atoms. The lowest BCUT2D eigenvalue weighted by Gasteiger charge is -2.25. The van der Waals surface area contributed by atoms with Gasteiger partial charge in [-0.2, -0.15) is 0 Å². The number of Topliss-reactive ketones (excluding diaryl/α,β-unsaturated/α-hetero) is 1. The van der Waals surface area contributed by atoms with Crippen LogP contribution in [-0.2, 0) is 5.41 Å². The molecule has 1 aliphatic carbocycles. The summed E-state index contributed by atoms with van der Waals surface area (Å²) in [6, 6.07) is 7.75. The Labute approximate surface area is 122 Å². The molecule has 1 N–H and O–H groups in total. The van der Waals surface area contributed by atoms with Crippen LogP contribution in [0.1, 0.15) is 75.2 Å². The summed E-state index contributed by atoms with van der Waals surface area (Å²) >= 11 is 0. The number of carbonyl (C=O) groups is 1. The number of rotatable bonds is 2. The lowest BCUT2D eigenvalue weighted by molar-refractivity contribution is 0.0238. The first-order valence-corrected chi connectivity index (χ1v) is 7.71. The number of hydrogen-bond acceptors (Lipinski definition) is 2. The van der Waals surface area contributed by atoms with Gasteiger partial charge in [-0.1, -0.05) is 70.7 Å². The molecule has 2 heteroatoms. The fraction of sp³-hybridized carbons (Fsp3) is 0.611. The molecule has 0 atom stereocenters. The minimum Gasteiger partial charge on any atom is -0.382 e. The van der Waals surface area contributed by atoms with E-state index in [1.807, 2.05) is 24.3 Å². The Morgan fingerprint density at radius 3 is 1.95 bits per heavy atom. The van der Waals surface area contributed by atoms with Crippen LogP contribution in [0, 0.1) is 0 Å². The summed E-state index contributed by atoms with van der Waals surface area (Å²) in [5, 5.41) is 10.7. The standard InChI is InChI=1S/C18H26O2/c1-17(2,3)15-10-8-14(9-11-15)16(19)18(20)12-6-4-5-7-13-18/h8-11,20H,4-7,12-13H2,1-3H3. The van der Waals surface area contributed by atoms with Crippen molar-refractivity contribution in [2.45, 2.75) is 70.3 Å². The molecule has 0 aliphatic heterocycles. The van der Waals surface area contributed by atoms with Gasteiger partial charge in [0.15, 0.2) is 5.78 Å². The number of benzene rings is 1. The Bertz CT molecular complexity index is 457. The van der Waals surface area contributed by atoms with Gasteiger partial charge in [-0.25, -0.2) is 0 Å². The molecule has 0 spiro atoms. The minimum absolute atomic E-state index is 0.0841. The van der Waals surface area contributed by atoms with Crippen LogP contribution in [0.4, 0.5) is 0 Å². The van der Waals surface area contributed by atoms with Crippen molar-refractivity contribution in [3.05, 3.63) is 35.4 Å². The van der Waals surface area contributed by atoms with Crippen molar-refractivity contribution in [1.29, 1.82) is 0 Å². The van der Waals surface area contributed by atoms with Crippen molar-refractivity contribution in [3.63, 3.8) is 0 Å². The van der Waals surface area contributed by atoms with Crippen LogP contribution in [0.15, 0.2) is 24.3 Å². The second-order valence-electron chi connectivity index (χ2n) is 7.10. The average Bonchev–Trinajstić information content (AvgIpc) is 2.63. The molecule has 1 aromatic rings. The van der Waals surface area contributed by atoms with E-state index >= 15 is 0 Å². The van der Waals surface area contributed by atoms with E-state index in [1.54, 1.807) is 0 Å². The Hall–Kier alpha value is -1.15. The van der Waals surface area contributed by atoms with E-state index in [4.69, 9.17) is 0 Å². The van der Waals surface area contributed by atoms with Crippen LogP contribution < -0.4 is 0 Å². The van der Waals surface area contributed by atoms with Crippen LogP contribution in [0.25, 0.3) is 0 Å². The van der Waals surface area contributed by atoms with Gasteiger partial charge in [0.1, 0.15) is 5.60 Å². The van der Waals surface area contributed by atoms with Gasteiger partial charge in [0.25, 0.3) is 0 Å². The zero-order chi connectivity index (χ0) is 14.8. The predicted molar refractivity (Wildman–Crippen MR) is 82.1 cm³/mol. The molecular formula is C18H26O2. The van der Waals surface area contributed by atoms with Crippen molar-refractivity contribution in [1.82, 2.24) is 0 Å². The first-order valence-electron chi connectivity index (χ1n) is 7.71. The van der Waals surface area contributed by atoms with E-state index in [0.29, 0.717) is 18.4 Å². The summed E-state index contributed by atoms with van der Waals surface area (Å²) in [7, 11) is 0. The van der Waals surface area contributed by atoms with Crippen molar-refractivity contribution in [3.8, 4) is 0 Å². The summed E-state index contributed by atoms with van der Waals surface area (Å²) in [6.45, 7) is 6.47. The zero-order valence-electron chi connectivity index (χ0n) is 12.9. The Balaban J connectivity index is 2.20. The molecular weight excluding hydrogens is 248 g/mol. The smallest absolute Gasteiger partial charge is 0.194 e. The van der Waals surface area contributed by atoms with E-state index in [2.05, 4.69) is 20.8 Å². The predicted octanol–water partition coefficient (Wildman–Crippen LogP) is 4.25. The normalized spacial score (nSPS) is 19.4. The van der Waals surface area contributed by atoms with Gasteiger partial charge in [-0.3, -0.25) is 4.79 Å². The van der Waals surface area contributed by atoms with E-state index in [1.165, 1.54) is 5.56 Å². The first-order chi connectivity index (χ1) is 9.33. The monoisotopic (exact) mass is 274 g/mol. The maximum absolute atomic E-state index is 12.6. The third-order valence-electron chi connectivity index (χ3n) is 4.37. The minimum atomic E-state index is -1.14. The highest BCUT2D eigenvalue weighted by Gasteiger charge is 2.36. The molecule has 2 nitrogen and oxygen atoms in total. The lowest BCUT2D eigenvalue weighted by Crippen LogP contribution is -2.38. The molecule has 1 aliphatic rings. The van der Waals surface area contributed by atoms with E-state index < -0.39 is 5.60 Å². The van der Waals surface area contributed by atoms with E-state index in [9.17, 15) is 9.90 Å². The summed E-state index contributed by atoms with van der Waals surface area (Å²) in [5.41, 5.74) is 0.796. The second kappa shape index (κ2) is 5.69. The lowest BCUT2D eigenvalue weighted by atomic mass is 9.83. The fourth-order valence-electron chi connectivity index (χ4n) is 2.93. The zero-order valence-corrected chi connectivity index (χ0v) is 12.9. The van der Waals surface area contributed by atoms with Gasteiger partial charge in [0, 0.05) is 5.56 Å². The van der Waals surface area contributed by atoms with Crippen molar-refractivity contribution >= 4 is 5.78 Å². The van der Waals surface area contributed by atoms with Gasteiger partial charge >= 0.3 is 0 Å². The summed E-state index contributed by atoms with van der Waals surface area (Å²) in [5.74, 6) is -0.0974. The van der Waals surface area contributed by atoms with Crippen molar-refractivity contribution < 1.29 is 9.90 Å². The summed E-state index contributed by atoms with van der Waals surface area (Å²) in [4.78, 5) is 12.6. The maximum Gasteiger partial charge on any atom is 0.194 e. The Morgan fingerprint density at radius 1 is 1.00 bits per heavy atom. The first kappa shape index (κ1) is 15.2. The van der Waals surface area contributed by atoms with Gasteiger partial charge < -0.3 is 5.11 Å². The maximum atomic E-state index is 12.6. The highest BCUT2D eigenvalue weighted by atomic mass is 16.3. The van der Waals surface area contributed by atoms with Crippen LogP contribution >= 0.6 is 0 Å². The highest BCUT2D eigenvalue weighted by Crippen LogP contribution is 2.31. The van der Waals surface area contributed by atoms with Crippen molar-refractivity contribution in [2.75, 3.05) is 0 Å². The van der Waals surface area contributed by atoms with Crippen LogP contribution in [0.3, 0.4) is 0 Å². The third kappa shape index (κ3) is 3.29. The number of ketones is 1. The van der Waals surface area contributed by atoms with Gasteiger partial charge in [-0.15, -0.1) is 0 Å².